The smallest absolute Gasteiger partial charge is 0.247 e. The van der Waals surface area contributed by atoms with Gasteiger partial charge in [-0.2, -0.15) is 0 Å². The monoisotopic (exact) mass is 481 g/mol. The van der Waals surface area contributed by atoms with E-state index >= 15 is 0 Å². The number of hydrogen-bond acceptors (Lipinski definition) is 8. The molecule has 4 N–H and O–H groups in total. The number of anilines is 4. The van der Waals surface area contributed by atoms with Crippen molar-refractivity contribution in [2.45, 2.75) is 12.5 Å². The van der Waals surface area contributed by atoms with Gasteiger partial charge in [-0.15, -0.1) is 0 Å². The van der Waals surface area contributed by atoms with Crippen LogP contribution in [-0.4, -0.2) is 47.1 Å². The van der Waals surface area contributed by atoms with Crippen LogP contribution in [0, 0.1) is 0 Å². The summed E-state index contributed by atoms with van der Waals surface area (Å²) in [6.45, 7) is 5.47. The lowest BCUT2D eigenvalue weighted by atomic mass is 10.1. The summed E-state index contributed by atoms with van der Waals surface area (Å²) in [6, 6.07) is 15.7. The molecule has 1 atom stereocenters. The van der Waals surface area contributed by atoms with Crippen molar-refractivity contribution < 1.29 is 9.53 Å². The molecule has 9 nitrogen and oxygen atoms in total. The van der Waals surface area contributed by atoms with Crippen LogP contribution in [-0.2, 0) is 4.79 Å². The Bertz CT molecular complexity index is 1420. The fraction of sp³-hybridized carbons (Fsp3) is 0.185. The Balaban J connectivity index is 1.44. The van der Waals surface area contributed by atoms with Crippen molar-refractivity contribution >= 4 is 39.8 Å². The Hall–Kier alpha value is -4.50. The number of rotatable bonds is 8. The molecule has 0 radical (unpaired) electrons. The van der Waals surface area contributed by atoms with E-state index < -0.39 is 0 Å². The zero-order valence-electron chi connectivity index (χ0n) is 19.9. The average molecular weight is 482 g/mol. The Kier molecular flexibility index (Phi) is 6.72. The topological polar surface area (TPSA) is 113 Å². The van der Waals surface area contributed by atoms with Crippen molar-refractivity contribution in [3.05, 3.63) is 73.6 Å². The highest BCUT2D eigenvalue weighted by atomic mass is 16.5. The van der Waals surface area contributed by atoms with Gasteiger partial charge in [0, 0.05) is 53.4 Å². The normalized spacial score (nSPS) is 14.9. The molecular weight excluding hydrogens is 454 g/mol. The molecule has 182 valence electrons. The van der Waals surface area contributed by atoms with Crippen molar-refractivity contribution in [3.8, 4) is 17.0 Å². The van der Waals surface area contributed by atoms with Crippen molar-refractivity contribution in [2.24, 2.45) is 0 Å². The third kappa shape index (κ3) is 5.11. The highest BCUT2D eigenvalue weighted by molar-refractivity contribution is 5.99. The number of carbonyl (C=O) groups is 1. The summed E-state index contributed by atoms with van der Waals surface area (Å²) in [7, 11) is 1.64. The molecule has 1 saturated heterocycles. The van der Waals surface area contributed by atoms with E-state index in [1.165, 1.54) is 6.08 Å². The van der Waals surface area contributed by atoms with E-state index in [0.717, 1.165) is 47.4 Å². The van der Waals surface area contributed by atoms with Crippen LogP contribution >= 0.6 is 0 Å². The largest absolute Gasteiger partial charge is 0.494 e. The summed E-state index contributed by atoms with van der Waals surface area (Å²) in [5.74, 6) is 0.842. The first-order valence-electron chi connectivity index (χ1n) is 11.7. The second-order valence-electron chi connectivity index (χ2n) is 8.43. The molecule has 1 amide bonds. The Morgan fingerprint density at radius 1 is 1.17 bits per heavy atom. The van der Waals surface area contributed by atoms with E-state index in [4.69, 9.17) is 9.72 Å². The summed E-state index contributed by atoms with van der Waals surface area (Å²) in [5, 5.41) is 13.8. The SMILES string of the molecule is C=CC(=O)Nc1ccnc(-c2cccc3cnc(Nc4ccc(NC5CCNC5)cc4OC)nc23)c1. The second-order valence-corrected chi connectivity index (χ2v) is 8.43. The fourth-order valence-electron chi connectivity index (χ4n) is 4.19. The van der Waals surface area contributed by atoms with Crippen molar-refractivity contribution in [3.63, 3.8) is 0 Å². The van der Waals surface area contributed by atoms with Crippen LogP contribution in [0.4, 0.5) is 23.0 Å². The molecule has 1 unspecified atom stereocenters. The number of ether oxygens (including phenoxy) is 1. The lowest BCUT2D eigenvalue weighted by molar-refractivity contribution is -0.111. The van der Waals surface area contributed by atoms with E-state index in [1.54, 1.807) is 31.6 Å². The number of methoxy groups -OCH3 is 1. The molecule has 2 aromatic heterocycles. The molecule has 0 spiro atoms. The number of nitrogens with one attached hydrogen (secondary N) is 4. The minimum Gasteiger partial charge on any atom is -0.494 e. The van der Waals surface area contributed by atoms with Gasteiger partial charge in [0.15, 0.2) is 0 Å². The molecule has 0 saturated carbocycles. The predicted molar refractivity (Wildman–Crippen MR) is 143 cm³/mol. The Morgan fingerprint density at radius 3 is 2.89 bits per heavy atom. The second kappa shape index (κ2) is 10.4. The number of carbonyl (C=O) groups excluding carboxylic acids is 1. The zero-order valence-corrected chi connectivity index (χ0v) is 19.9. The van der Waals surface area contributed by atoms with E-state index in [1.807, 2.05) is 36.4 Å². The van der Waals surface area contributed by atoms with E-state index in [9.17, 15) is 4.79 Å². The van der Waals surface area contributed by atoms with Gasteiger partial charge in [-0.1, -0.05) is 24.8 Å². The van der Waals surface area contributed by atoms with Gasteiger partial charge in [0.25, 0.3) is 0 Å². The van der Waals surface area contributed by atoms with E-state index in [0.29, 0.717) is 29.1 Å². The third-order valence-electron chi connectivity index (χ3n) is 5.98. The number of nitrogens with zero attached hydrogens (tertiary/aromatic N) is 3. The van der Waals surface area contributed by atoms with Crippen LogP contribution in [0.15, 0.2) is 73.6 Å². The molecule has 0 aliphatic carbocycles. The molecule has 5 rings (SSSR count). The van der Waals surface area contributed by atoms with Gasteiger partial charge in [-0.25, -0.2) is 9.97 Å². The summed E-state index contributed by atoms with van der Waals surface area (Å²) < 4.78 is 5.63. The van der Waals surface area contributed by atoms with Gasteiger partial charge in [-0.3, -0.25) is 9.78 Å². The maximum atomic E-state index is 11.7. The quantitative estimate of drug-likeness (QED) is 0.275. The van der Waals surface area contributed by atoms with E-state index in [2.05, 4.69) is 37.8 Å². The number of pyridine rings is 1. The molecular formula is C27H27N7O2. The number of hydrogen-bond donors (Lipinski definition) is 4. The lowest BCUT2D eigenvalue weighted by Gasteiger charge is -2.16. The van der Waals surface area contributed by atoms with Crippen LogP contribution in [0.3, 0.4) is 0 Å². The summed E-state index contributed by atoms with van der Waals surface area (Å²) in [5.41, 5.74) is 4.63. The molecule has 1 aliphatic rings. The predicted octanol–water partition coefficient (Wildman–Crippen LogP) is 4.34. The number of fused-ring (bicyclic) bond motifs is 1. The van der Waals surface area contributed by atoms with Gasteiger partial charge in [0.05, 0.1) is 24.0 Å². The number of aromatic nitrogens is 3. The third-order valence-corrected chi connectivity index (χ3v) is 5.98. The Morgan fingerprint density at radius 2 is 2.08 bits per heavy atom. The zero-order chi connectivity index (χ0) is 24.9. The van der Waals surface area contributed by atoms with Crippen molar-refractivity contribution in [2.75, 3.05) is 36.1 Å². The highest BCUT2D eigenvalue weighted by Gasteiger charge is 2.15. The van der Waals surface area contributed by atoms with Crippen LogP contribution in [0.2, 0.25) is 0 Å². The maximum Gasteiger partial charge on any atom is 0.247 e. The number of benzene rings is 2. The molecule has 2 aromatic carbocycles. The van der Waals surface area contributed by atoms with Crippen LogP contribution in [0.25, 0.3) is 22.2 Å². The first kappa shape index (κ1) is 23.3. The molecule has 4 aromatic rings. The highest BCUT2D eigenvalue weighted by Crippen LogP contribution is 2.32. The van der Waals surface area contributed by atoms with E-state index in [-0.39, 0.29) is 5.91 Å². The minimum atomic E-state index is -0.283. The van der Waals surface area contributed by atoms with Crippen LogP contribution < -0.4 is 26.0 Å². The first-order chi connectivity index (χ1) is 17.6. The maximum absolute atomic E-state index is 11.7. The summed E-state index contributed by atoms with van der Waals surface area (Å²) >= 11 is 0. The van der Waals surface area contributed by atoms with Gasteiger partial charge >= 0.3 is 0 Å². The standard InChI is InChI=1S/C27H27N7O2/c1-3-25(35)32-19-10-12-29-23(13-19)21-6-4-5-17-15-30-27(34-26(17)21)33-22-8-7-18(14-24(22)36-2)31-20-9-11-28-16-20/h3-8,10,12-15,20,28,31H,1,9,11,16H2,2H3,(H,29,32,35)(H,30,33,34). The van der Waals surface area contributed by atoms with Gasteiger partial charge in [-0.05, 0) is 43.3 Å². The Labute approximate surface area is 209 Å². The summed E-state index contributed by atoms with van der Waals surface area (Å²) in [4.78, 5) is 25.5. The molecule has 1 aliphatic heterocycles. The molecule has 1 fully saturated rings. The molecule has 9 heteroatoms. The van der Waals surface area contributed by atoms with Crippen LogP contribution in [0.1, 0.15) is 6.42 Å². The lowest BCUT2D eigenvalue weighted by Crippen LogP contribution is -2.22. The average Bonchev–Trinajstić information content (AvgIpc) is 3.42. The summed E-state index contributed by atoms with van der Waals surface area (Å²) in [6.07, 6.45) is 5.74. The number of para-hydroxylation sites is 1. The minimum absolute atomic E-state index is 0.283. The van der Waals surface area contributed by atoms with Gasteiger partial charge < -0.3 is 26.0 Å². The fourth-order valence-corrected chi connectivity index (χ4v) is 4.19. The first-order valence-corrected chi connectivity index (χ1v) is 11.7. The molecule has 3 heterocycles. The van der Waals surface area contributed by atoms with Crippen LogP contribution in [0.5, 0.6) is 5.75 Å². The van der Waals surface area contributed by atoms with Crippen molar-refractivity contribution in [1.29, 1.82) is 0 Å². The molecule has 36 heavy (non-hydrogen) atoms. The molecule has 0 bridgehead atoms. The van der Waals surface area contributed by atoms with Crippen molar-refractivity contribution in [1.82, 2.24) is 20.3 Å². The van der Waals surface area contributed by atoms with Gasteiger partial charge in [0.1, 0.15) is 5.75 Å². The number of amides is 1. The van der Waals surface area contributed by atoms with Gasteiger partial charge in [0.2, 0.25) is 11.9 Å².